The van der Waals surface area contributed by atoms with Crippen LogP contribution in [0.15, 0.2) is 59.5 Å². The van der Waals surface area contributed by atoms with Crippen LogP contribution in [0.3, 0.4) is 0 Å². The Morgan fingerprint density at radius 3 is 1.95 bits per heavy atom. The molecule has 0 spiro atoms. The predicted octanol–water partition coefficient (Wildman–Crippen LogP) is 2.59. The minimum absolute atomic E-state index is 0. The standard InChI is InChI=1S/C14H10O3S.K.H/c15-18(16,17)14-9-10-5-1-2-6-11(10)12-7-3-4-8-13(12)14;;/h1-9H,(H,15,16,17);;. The van der Waals surface area contributed by atoms with E-state index >= 15 is 0 Å². The first-order valence-electron chi connectivity index (χ1n) is 5.45. The van der Waals surface area contributed by atoms with E-state index in [0.717, 1.165) is 16.2 Å². The Hall–Kier alpha value is -0.274. The van der Waals surface area contributed by atoms with Crippen LogP contribution in [0.4, 0.5) is 0 Å². The molecule has 0 heterocycles. The van der Waals surface area contributed by atoms with Gasteiger partial charge >= 0.3 is 51.4 Å². The van der Waals surface area contributed by atoms with E-state index in [-0.39, 0.29) is 56.3 Å². The molecule has 19 heavy (non-hydrogen) atoms. The zero-order chi connectivity index (χ0) is 12.8. The van der Waals surface area contributed by atoms with Gasteiger partial charge in [0.05, 0.1) is 0 Å². The first-order valence-corrected chi connectivity index (χ1v) is 6.89. The maximum absolute atomic E-state index is 11.4. The molecule has 0 radical (unpaired) electrons. The summed E-state index contributed by atoms with van der Waals surface area (Å²) in [5.41, 5.74) is 0. The van der Waals surface area contributed by atoms with Crippen molar-refractivity contribution in [3.63, 3.8) is 0 Å². The molecule has 0 aromatic heterocycles. The number of rotatable bonds is 1. The van der Waals surface area contributed by atoms with Crippen LogP contribution in [0.1, 0.15) is 0 Å². The Morgan fingerprint density at radius 2 is 1.32 bits per heavy atom. The molecule has 0 unspecified atom stereocenters. The van der Waals surface area contributed by atoms with Gasteiger partial charge in [-0.05, 0) is 22.2 Å². The quantitative estimate of drug-likeness (QED) is 0.427. The van der Waals surface area contributed by atoms with Crippen LogP contribution >= 0.6 is 0 Å². The summed E-state index contributed by atoms with van der Waals surface area (Å²) in [6.45, 7) is 0. The van der Waals surface area contributed by atoms with E-state index in [9.17, 15) is 13.0 Å². The third kappa shape index (κ3) is 2.78. The van der Waals surface area contributed by atoms with Crippen LogP contribution < -0.4 is 0 Å². The second-order valence-electron chi connectivity index (χ2n) is 4.12. The molecule has 0 saturated heterocycles. The van der Waals surface area contributed by atoms with Crippen LogP contribution in [0, 0.1) is 0 Å². The fourth-order valence-corrected chi connectivity index (χ4v) is 2.97. The van der Waals surface area contributed by atoms with Crippen molar-refractivity contribution in [2.45, 2.75) is 4.90 Å². The molecule has 0 amide bonds. The molecule has 92 valence electrons. The summed E-state index contributed by atoms with van der Waals surface area (Å²) in [5.74, 6) is 0. The SMILES string of the molecule is O=S(=O)(O)c1cc2ccccc2c2ccccc12.[KH]. The number of fused-ring (bicyclic) bond motifs is 3. The van der Waals surface area contributed by atoms with Crippen molar-refractivity contribution in [1.82, 2.24) is 0 Å². The summed E-state index contributed by atoms with van der Waals surface area (Å²) < 4.78 is 32.2. The molecule has 0 atom stereocenters. The summed E-state index contributed by atoms with van der Waals surface area (Å²) in [5, 5.41) is 3.13. The molecule has 1 N–H and O–H groups in total. The molecule has 0 saturated carbocycles. The van der Waals surface area contributed by atoms with Crippen LogP contribution in [0.5, 0.6) is 0 Å². The Morgan fingerprint density at radius 1 is 0.789 bits per heavy atom. The molecule has 0 fully saturated rings. The fraction of sp³-hybridized carbons (Fsp3) is 0. The van der Waals surface area contributed by atoms with Crippen LogP contribution in [-0.2, 0) is 10.1 Å². The van der Waals surface area contributed by atoms with Crippen LogP contribution in [0.2, 0.25) is 0 Å². The Labute approximate surface area is 153 Å². The zero-order valence-electron chi connectivity index (χ0n) is 9.37. The molecule has 0 aliphatic heterocycles. The summed E-state index contributed by atoms with van der Waals surface area (Å²) in [4.78, 5) is -0.0446. The Balaban J connectivity index is 0.00000133. The molecule has 0 aliphatic carbocycles. The van der Waals surface area contributed by atoms with E-state index in [4.69, 9.17) is 0 Å². The van der Waals surface area contributed by atoms with Crippen LogP contribution in [0.25, 0.3) is 21.5 Å². The van der Waals surface area contributed by atoms with Gasteiger partial charge in [0.25, 0.3) is 10.1 Å². The van der Waals surface area contributed by atoms with E-state index in [1.54, 1.807) is 12.1 Å². The molecule has 0 bridgehead atoms. The van der Waals surface area contributed by atoms with Crippen molar-refractivity contribution in [2.24, 2.45) is 0 Å². The third-order valence-corrected chi connectivity index (χ3v) is 3.90. The normalized spacial score (nSPS) is 11.4. The molecule has 5 heteroatoms. The van der Waals surface area contributed by atoms with Crippen molar-refractivity contribution in [1.29, 1.82) is 0 Å². The van der Waals surface area contributed by atoms with E-state index in [0.29, 0.717) is 5.39 Å². The van der Waals surface area contributed by atoms with Crippen molar-refractivity contribution in [3.8, 4) is 0 Å². The van der Waals surface area contributed by atoms with Gasteiger partial charge in [-0.1, -0.05) is 48.5 Å². The van der Waals surface area contributed by atoms with Gasteiger partial charge in [-0.15, -0.1) is 0 Å². The van der Waals surface area contributed by atoms with Gasteiger partial charge in [0.15, 0.2) is 0 Å². The molecule has 3 nitrogen and oxygen atoms in total. The van der Waals surface area contributed by atoms with E-state index < -0.39 is 10.1 Å². The summed E-state index contributed by atoms with van der Waals surface area (Å²) in [7, 11) is -4.22. The number of benzene rings is 3. The van der Waals surface area contributed by atoms with Crippen molar-refractivity contribution >= 4 is 83.0 Å². The van der Waals surface area contributed by atoms with E-state index in [2.05, 4.69) is 0 Å². The first-order chi connectivity index (χ1) is 8.57. The topological polar surface area (TPSA) is 54.4 Å². The van der Waals surface area contributed by atoms with Crippen molar-refractivity contribution in [2.75, 3.05) is 0 Å². The zero-order valence-corrected chi connectivity index (χ0v) is 10.2. The minimum atomic E-state index is -4.22. The third-order valence-electron chi connectivity index (χ3n) is 3.01. The van der Waals surface area contributed by atoms with Crippen LogP contribution in [-0.4, -0.2) is 64.4 Å². The van der Waals surface area contributed by atoms with Gasteiger partial charge in [-0.25, -0.2) is 0 Å². The second kappa shape index (κ2) is 5.61. The number of hydrogen-bond donors (Lipinski definition) is 1. The first kappa shape index (κ1) is 15.1. The molecule has 3 aromatic rings. The predicted molar refractivity (Wildman–Crippen MR) is 78.4 cm³/mol. The average molecular weight is 298 g/mol. The molecular weight excluding hydrogens is 287 g/mol. The molecule has 3 aromatic carbocycles. The van der Waals surface area contributed by atoms with E-state index in [1.165, 1.54) is 6.07 Å². The fourth-order valence-electron chi connectivity index (χ4n) is 2.23. The second-order valence-corrected chi connectivity index (χ2v) is 5.51. The summed E-state index contributed by atoms with van der Waals surface area (Å²) in [6, 6.07) is 16.2. The monoisotopic (exact) mass is 298 g/mol. The number of hydrogen-bond acceptors (Lipinski definition) is 2. The van der Waals surface area contributed by atoms with E-state index in [1.807, 2.05) is 36.4 Å². The van der Waals surface area contributed by atoms with Gasteiger partial charge < -0.3 is 0 Å². The van der Waals surface area contributed by atoms with Gasteiger partial charge in [0.2, 0.25) is 0 Å². The maximum atomic E-state index is 11.4. The van der Waals surface area contributed by atoms with Crippen molar-refractivity contribution < 1.29 is 13.0 Å². The summed E-state index contributed by atoms with van der Waals surface area (Å²) >= 11 is 0. The van der Waals surface area contributed by atoms with Gasteiger partial charge in [-0.3, -0.25) is 4.55 Å². The van der Waals surface area contributed by atoms with Gasteiger partial charge in [-0.2, -0.15) is 8.42 Å². The Bertz CT molecular complexity index is 857. The molecular formula is C14H11KO3S. The van der Waals surface area contributed by atoms with Gasteiger partial charge in [0, 0.05) is 5.39 Å². The Kier molecular flexibility index (Phi) is 4.47. The molecule has 3 rings (SSSR count). The molecule has 0 aliphatic rings. The average Bonchev–Trinajstić information content (AvgIpc) is 2.37. The van der Waals surface area contributed by atoms with Gasteiger partial charge in [0.1, 0.15) is 4.90 Å². The summed E-state index contributed by atoms with van der Waals surface area (Å²) in [6.07, 6.45) is 0. The van der Waals surface area contributed by atoms with Crippen molar-refractivity contribution in [3.05, 3.63) is 54.6 Å².